The largest absolute Gasteiger partial charge is 0.416 e. The van der Waals surface area contributed by atoms with Crippen LogP contribution in [0.5, 0.6) is 0 Å². The number of nitrogens with zero attached hydrogens (tertiary/aromatic N) is 3. The Morgan fingerprint density at radius 2 is 2.03 bits per heavy atom. The summed E-state index contributed by atoms with van der Waals surface area (Å²) in [5.74, 6) is 1.44. The maximum atomic E-state index is 12.9. The van der Waals surface area contributed by atoms with E-state index in [-0.39, 0.29) is 13.2 Å². The number of aliphatic hydroxyl groups is 1. The third-order valence-corrected chi connectivity index (χ3v) is 5.30. The minimum atomic E-state index is -4.39. The first-order valence-electron chi connectivity index (χ1n) is 10.2. The summed E-state index contributed by atoms with van der Waals surface area (Å²) in [5.41, 5.74) is 2.69. The van der Waals surface area contributed by atoms with Gasteiger partial charge < -0.3 is 25.4 Å². The molecule has 1 atom stereocenters. The zero-order valence-corrected chi connectivity index (χ0v) is 17.5. The Hall–Kier alpha value is -3.11. The first kappa shape index (κ1) is 22.1. The van der Waals surface area contributed by atoms with E-state index in [4.69, 9.17) is 9.84 Å². The maximum absolute atomic E-state index is 12.9. The van der Waals surface area contributed by atoms with Gasteiger partial charge in [-0.05, 0) is 49.2 Å². The number of halogens is 3. The van der Waals surface area contributed by atoms with Crippen LogP contribution in [0.15, 0.2) is 58.9 Å². The summed E-state index contributed by atoms with van der Waals surface area (Å²) in [6, 6.07) is 8.72. The van der Waals surface area contributed by atoms with E-state index >= 15 is 0 Å². The molecule has 0 radical (unpaired) electrons. The third-order valence-electron chi connectivity index (χ3n) is 5.30. The Morgan fingerprint density at radius 3 is 2.72 bits per heavy atom. The van der Waals surface area contributed by atoms with Gasteiger partial charge in [-0.25, -0.2) is 9.98 Å². The van der Waals surface area contributed by atoms with Crippen LogP contribution >= 0.6 is 0 Å². The van der Waals surface area contributed by atoms with Crippen molar-refractivity contribution in [2.45, 2.75) is 25.9 Å². The molecule has 3 heterocycles. The molecule has 1 aromatic heterocycles. The van der Waals surface area contributed by atoms with E-state index < -0.39 is 18.1 Å². The molecule has 1 aromatic carbocycles. The summed E-state index contributed by atoms with van der Waals surface area (Å²) in [6.45, 7) is 3.22. The fraction of sp³-hybridized carbons (Fsp3) is 0.364. The average Bonchev–Trinajstić information content (AvgIpc) is 2.77. The Labute approximate surface area is 183 Å². The van der Waals surface area contributed by atoms with E-state index in [0.717, 1.165) is 34.8 Å². The van der Waals surface area contributed by atoms with Gasteiger partial charge in [-0.3, -0.25) is 0 Å². The second-order valence-electron chi connectivity index (χ2n) is 7.54. The molecule has 7 nitrogen and oxygen atoms in total. The molecule has 3 N–H and O–H groups in total. The maximum Gasteiger partial charge on any atom is 0.416 e. The average molecular weight is 447 g/mol. The van der Waals surface area contributed by atoms with Gasteiger partial charge in [0.25, 0.3) is 0 Å². The fourth-order valence-corrected chi connectivity index (χ4v) is 3.75. The van der Waals surface area contributed by atoms with Crippen molar-refractivity contribution in [1.82, 2.24) is 10.3 Å². The topological polar surface area (TPSA) is 82.0 Å². The van der Waals surface area contributed by atoms with E-state index in [1.807, 2.05) is 19.1 Å². The second-order valence-corrected chi connectivity index (χ2v) is 7.54. The predicted octanol–water partition coefficient (Wildman–Crippen LogP) is 3.28. The first-order valence-corrected chi connectivity index (χ1v) is 10.2. The monoisotopic (exact) mass is 447 g/mol. The number of rotatable bonds is 5. The van der Waals surface area contributed by atoms with E-state index in [2.05, 4.69) is 25.5 Å². The van der Waals surface area contributed by atoms with E-state index in [9.17, 15) is 13.2 Å². The molecule has 4 rings (SSSR count). The van der Waals surface area contributed by atoms with Crippen molar-refractivity contribution in [3.8, 4) is 0 Å². The molecule has 0 aliphatic carbocycles. The van der Waals surface area contributed by atoms with Gasteiger partial charge >= 0.3 is 6.18 Å². The molecule has 2 aliphatic rings. The molecule has 0 bridgehead atoms. The molecule has 32 heavy (non-hydrogen) atoms. The van der Waals surface area contributed by atoms with Gasteiger partial charge in [0.2, 0.25) is 6.35 Å². The molecule has 0 amide bonds. The SMILES string of the molecule is Cc1cccnc1N1CCC2=C(C1)NC(OCCO)N=C2Nc1ccc(C(F)(F)F)cc1. The quantitative estimate of drug-likeness (QED) is 0.653. The van der Waals surface area contributed by atoms with Crippen LogP contribution in [0.2, 0.25) is 0 Å². The van der Waals surface area contributed by atoms with Gasteiger partial charge in [0.1, 0.15) is 11.7 Å². The zero-order chi connectivity index (χ0) is 22.7. The minimum absolute atomic E-state index is 0.0976. The van der Waals surface area contributed by atoms with Crippen molar-refractivity contribution in [2.75, 3.05) is 36.5 Å². The molecule has 170 valence electrons. The summed E-state index contributed by atoms with van der Waals surface area (Å²) in [7, 11) is 0. The van der Waals surface area contributed by atoms with Crippen LogP contribution in [0.1, 0.15) is 17.5 Å². The Kier molecular flexibility index (Phi) is 6.33. The number of aromatic nitrogens is 1. The highest BCUT2D eigenvalue weighted by atomic mass is 19.4. The number of hydrogen-bond acceptors (Lipinski definition) is 7. The van der Waals surface area contributed by atoms with Crippen molar-refractivity contribution in [3.05, 3.63) is 65.0 Å². The number of nitrogens with one attached hydrogen (secondary N) is 2. The minimum Gasteiger partial charge on any atom is -0.394 e. The number of amidine groups is 1. The first-order chi connectivity index (χ1) is 15.3. The van der Waals surface area contributed by atoms with Gasteiger partial charge in [0.05, 0.1) is 25.3 Å². The Bertz CT molecular complexity index is 1020. The van der Waals surface area contributed by atoms with E-state index in [1.165, 1.54) is 12.1 Å². The van der Waals surface area contributed by atoms with E-state index in [1.54, 1.807) is 6.20 Å². The highest BCUT2D eigenvalue weighted by molar-refractivity contribution is 6.09. The number of ether oxygens (including phenoxy) is 1. The van der Waals surface area contributed by atoms with Crippen LogP contribution in [0.25, 0.3) is 0 Å². The number of anilines is 2. The van der Waals surface area contributed by atoms with Crippen molar-refractivity contribution < 1.29 is 23.0 Å². The fourth-order valence-electron chi connectivity index (χ4n) is 3.75. The standard InChI is InChI=1S/C22H24F3N5O2/c1-14-3-2-9-26-20(14)30-10-8-17-18(13-30)28-21(32-12-11-31)29-19(17)27-16-6-4-15(5-7-16)22(23,24)25/h2-7,9,21,28,31H,8,10-13H2,1H3,(H,27,29). The number of pyridine rings is 1. The molecule has 0 saturated carbocycles. The number of aliphatic imine (C=N–C) groups is 1. The smallest absolute Gasteiger partial charge is 0.394 e. The predicted molar refractivity (Wildman–Crippen MR) is 115 cm³/mol. The van der Waals surface area contributed by atoms with Crippen LogP contribution in [0.4, 0.5) is 24.7 Å². The highest BCUT2D eigenvalue weighted by Crippen LogP contribution is 2.31. The Morgan fingerprint density at radius 1 is 1.25 bits per heavy atom. The molecule has 0 spiro atoms. The number of benzene rings is 1. The summed E-state index contributed by atoms with van der Waals surface area (Å²) in [5, 5.41) is 15.5. The summed E-state index contributed by atoms with van der Waals surface area (Å²) >= 11 is 0. The highest BCUT2D eigenvalue weighted by Gasteiger charge is 2.31. The lowest BCUT2D eigenvalue weighted by molar-refractivity contribution is -0.137. The van der Waals surface area contributed by atoms with Gasteiger partial charge in [0.15, 0.2) is 0 Å². The second kappa shape index (κ2) is 9.17. The summed E-state index contributed by atoms with van der Waals surface area (Å²) in [6.07, 6.45) is -2.69. The molecule has 2 aromatic rings. The number of aliphatic hydroxyl groups excluding tert-OH is 1. The molecular weight excluding hydrogens is 423 g/mol. The van der Waals surface area contributed by atoms with Gasteiger partial charge in [-0.1, -0.05) is 6.07 Å². The van der Waals surface area contributed by atoms with Crippen LogP contribution in [-0.4, -0.2) is 48.6 Å². The van der Waals surface area contributed by atoms with E-state index in [0.29, 0.717) is 31.0 Å². The van der Waals surface area contributed by atoms with Crippen LogP contribution in [0, 0.1) is 6.92 Å². The van der Waals surface area contributed by atoms with Gasteiger partial charge in [0, 0.05) is 29.7 Å². The van der Waals surface area contributed by atoms with Crippen molar-refractivity contribution in [1.29, 1.82) is 0 Å². The van der Waals surface area contributed by atoms with Crippen molar-refractivity contribution in [3.63, 3.8) is 0 Å². The van der Waals surface area contributed by atoms with Crippen molar-refractivity contribution >= 4 is 17.3 Å². The third kappa shape index (κ3) is 4.86. The normalized spacial score (nSPS) is 18.7. The Balaban J connectivity index is 1.58. The number of aryl methyl sites for hydroxylation is 1. The molecule has 2 aliphatic heterocycles. The van der Waals surface area contributed by atoms with Gasteiger partial charge in [-0.15, -0.1) is 0 Å². The number of alkyl halides is 3. The number of hydrogen-bond donors (Lipinski definition) is 3. The van der Waals surface area contributed by atoms with Gasteiger partial charge in [-0.2, -0.15) is 13.2 Å². The lowest BCUT2D eigenvalue weighted by Gasteiger charge is -2.37. The summed E-state index contributed by atoms with van der Waals surface area (Å²) in [4.78, 5) is 11.2. The molecule has 0 saturated heterocycles. The lowest BCUT2D eigenvalue weighted by atomic mass is 10.0. The van der Waals surface area contributed by atoms with Crippen LogP contribution in [-0.2, 0) is 10.9 Å². The molecule has 1 unspecified atom stereocenters. The summed E-state index contributed by atoms with van der Waals surface area (Å²) < 4.78 is 44.2. The molecule has 0 fully saturated rings. The van der Waals surface area contributed by atoms with Crippen molar-refractivity contribution in [2.24, 2.45) is 4.99 Å². The van der Waals surface area contributed by atoms with Crippen LogP contribution in [0.3, 0.4) is 0 Å². The molecule has 10 heteroatoms. The van der Waals surface area contributed by atoms with Crippen LogP contribution < -0.4 is 15.5 Å². The lowest BCUT2D eigenvalue weighted by Crippen LogP contribution is -2.46. The zero-order valence-electron chi connectivity index (χ0n) is 17.5. The molecular formula is C22H24F3N5O2.